The molecule has 1 aromatic carbocycles. The van der Waals surface area contributed by atoms with Crippen LogP contribution in [0.3, 0.4) is 0 Å². The van der Waals surface area contributed by atoms with E-state index in [1.807, 2.05) is 6.07 Å². The largest absolute Gasteiger partial charge is 0.491 e. The zero-order chi connectivity index (χ0) is 17.2. The smallest absolute Gasteiger partial charge is 0.404 e. The molecule has 24 heavy (non-hydrogen) atoms. The Morgan fingerprint density at radius 2 is 2.08 bits per heavy atom. The SMILES string of the molecule is O=C(O)NCC1(COc2cncc(-c3cc(Cl)ccc3Cl)c2)CC1. The summed E-state index contributed by atoms with van der Waals surface area (Å²) in [5.74, 6) is 0.616. The molecule has 1 saturated carbocycles. The van der Waals surface area contributed by atoms with E-state index < -0.39 is 6.09 Å². The molecule has 0 spiro atoms. The van der Waals surface area contributed by atoms with E-state index in [0.717, 1.165) is 24.0 Å². The lowest BCUT2D eigenvalue weighted by Gasteiger charge is -2.16. The van der Waals surface area contributed by atoms with Crippen molar-refractivity contribution in [1.29, 1.82) is 0 Å². The predicted molar refractivity (Wildman–Crippen MR) is 92.9 cm³/mol. The Morgan fingerprint density at radius 1 is 1.29 bits per heavy atom. The van der Waals surface area contributed by atoms with E-state index in [1.165, 1.54) is 0 Å². The average Bonchev–Trinajstić information content (AvgIpc) is 3.34. The first kappa shape index (κ1) is 16.9. The summed E-state index contributed by atoms with van der Waals surface area (Å²) < 4.78 is 5.83. The Kier molecular flexibility index (Phi) is 4.83. The molecule has 1 amide bonds. The molecule has 1 fully saturated rings. The molecule has 7 heteroatoms. The number of pyridine rings is 1. The maximum atomic E-state index is 10.6. The lowest BCUT2D eigenvalue weighted by molar-refractivity contribution is 0.184. The number of aromatic nitrogens is 1. The van der Waals surface area contributed by atoms with Gasteiger partial charge < -0.3 is 15.2 Å². The maximum absolute atomic E-state index is 10.6. The number of nitrogens with one attached hydrogen (secondary N) is 1. The highest BCUT2D eigenvalue weighted by molar-refractivity contribution is 6.35. The summed E-state index contributed by atoms with van der Waals surface area (Å²) in [7, 11) is 0. The quantitative estimate of drug-likeness (QED) is 0.790. The predicted octanol–water partition coefficient (Wildman–Crippen LogP) is 4.48. The molecule has 126 valence electrons. The fourth-order valence-corrected chi connectivity index (χ4v) is 2.81. The summed E-state index contributed by atoms with van der Waals surface area (Å²) >= 11 is 12.3. The fraction of sp³-hybridized carbons (Fsp3) is 0.294. The van der Waals surface area contributed by atoms with Gasteiger partial charge in [-0.15, -0.1) is 0 Å². The van der Waals surface area contributed by atoms with E-state index in [4.69, 9.17) is 33.0 Å². The Labute approximate surface area is 149 Å². The van der Waals surface area contributed by atoms with Crippen LogP contribution >= 0.6 is 23.2 Å². The highest BCUT2D eigenvalue weighted by Crippen LogP contribution is 2.45. The van der Waals surface area contributed by atoms with Gasteiger partial charge in [-0.25, -0.2) is 4.79 Å². The van der Waals surface area contributed by atoms with Crippen LogP contribution in [-0.2, 0) is 0 Å². The van der Waals surface area contributed by atoms with Crippen molar-refractivity contribution in [1.82, 2.24) is 10.3 Å². The van der Waals surface area contributed by atoms with Gasteiger partial charge in [0.1, 0.15) is 5.75 Å². The minimum atomic E-state index is -1.01. The molecule has 1 aliphatic rings. The molecule has 0 radical (unpaired) electrons. The summed E-state index contributed by atoms with van der Waals surface area (Å²) in [5, 5.41) is 12.3. The molecule has 5 nitrogen and oxygen atoms in total. The van der Waals surface area contributed by atoms with Crippen molar-refractivity contribution in [3.8, 4) is 16.9 Å². The van der Waals surface area contributed by atoms with Crippen LogP contribution in [0.2, 0.25) is 10.0 Å². The Morgan fingerprint density at radius 3 is 2.79 bits per heavy atom. The van der Waals surface area contributed by atoms with Crippen LogP contribution < -0.4 is 10.1 Å². The van der Waals surface area contributed by atoms with Crippen LogP contribution in [0.15, 0.2) is 36.7 Å². The van der Waals surface area contributed by atoms with Gasteiger partial charge in [0.15, 0.2) is 0 Å². The van der Waals surface area contributed by atoms with Crippen LogP contribution in [0.5, 0.6) is 5.75 Å². The Balaban J connectivity index is 1.70. The van der Waals surface area contributed by atoms with Crippen molar-refractivity contribution < 1.29 is 14.6 Å². The van der Waals surface area contributed by atoms with Crippen molar-refractivity contribution in [3.63, 3.8) is 0 Å². The monoisotopic (exact) mass is 366 g/mol. The number of halogens is 2. The summed E-state index contributed by atoms with van der Waals surface area (Å²) in [6.07, 6.45) is 4.20. The molecule has 0 unspecified atom stereocenters. The van der Waals surface area contributed by atoms with Gasteiger partial charge in [0, 0.05) is 39.3 Å². The molecule has 2 aromatic rings. The molecule has 1 aliphatic carbocycles. The second-order valence-electron chi connectivity index (χ2n) is 5.98. The summed E-state index contributed by atoms with van der Waals surface area (Å²) in [6.45, 7) is 0.845. The van der Waals surface area contributed by atoms with Crippen molar-refractivity contribution >= 4 is 29.3 Å². The first-order valence-electron chi connectivity index (χ1n) is 7.48. The van der Waals surface area contributed by atoms with Crippen molar-refractivity contribution in [2.75, 3.05) is 13.2 Å². The molecule has 3 rings (SSSR count). The van der Waals surface area contributed by atoms with E-state index in [2.05, 4.69) is 10.3 Å². The van der Waals surface area contributed by atoms with E-state index in [9.17, 15) is 4.79 Å². The van der Waals surface area contributed by atoms with E-state index in [1.54, 1.807) is 30.6 Å². The topological polar surface area (TPSA) is 71.5 Å². The van der Waals surface area contributed by atoms with Crippen LogP contribution in [0.4, 0.5) is 4.79 Å². The minimum Gasteiger partial charge on any atom is -0.491 e. The number of carboxylic acid groups (broad SMARTS) is 1. The van der Waals surface area contributed by atoms with Gasteiger partial charge in [0.25, 0.3) is 0 Å². The molecule has 1 aromatic heterocycles. The molecule has 0 aliphatic heterocycles. The van der Waals surface area contributed by atoms with Gasteiger partial charge in [0.05, 0.1) is 12.8 Å². The van der Waals surface area contributed by atoms with Gasteiger partial charge in [-0.3, -0.25) is 4.98 Å². The fourth-order valence-electron chi connectivity index (χ4n) is 2.41. The van der Waals surface area contributed by atoms with Crippen molar-refractivity contribution in [2.24, 2.45) is 5.41 Å². The van der Waals surface area contributed by atoms with Crippen molar-refractivity contribution in [2.45, 2.75) is 12.8 Å². The van der Waals surface area contributed by atoms with Gasteiger partial charge in [-0.2, -0.15) is 0 Å². The molecule has 0 bridgehead atoms. The Hall–Kier alpha value is -1.98. The highest BCUT2D eigenvalue weighted by atomic mass is 35.5. The Bertz CT molecular complexity index is 763. The summed E-state index contributed by atoms with van der Waals surface area (Å²) in [6, 6.07) is 7.10. The molecular formula is C17H16Cl2N2O3. The average molecular weight is 367 g/mol. The number of hydrogen-bond acceptors (Lipinski definition) is 3. The number of ether oxygens (including phenoxy) is 1. The zero-order valence-electron chi connectivity index (χ0n) is 12.8. The maximum Gasteiger partial charge on any atom is 0.404 e. The van der Waals surface area contributed by atoms with Gasteiger partial charge in [-0.1, -0.05) is 23.2 Å². The molecule has 0 saturated heterocycles. The molecule has 0 atom stereocenters. The second kappa shape index (κ2) is 6.87. The summed E-state index contributed by atoms with van der Waals surface area (Å²) in [4.78, 5) is 14.8. The number of hydrogen-bond donors (Lipinski definition) is 2. The van der Waals surface area contributed by atoms with Crippen LogP contribution in [0, 0.1) is 5.41 Å². The number of nitrogens with zero attached hydrogens (tertiary/aromatic N) is 1. The van der Waals surface area contributed by atoms with Gasteiger partial charge >= 0.3 is 6.09 Å². The molecular weight excluding hydrogens is 351 g/mol. The third-order valence-corrected chi connectivity index (χ3v) is 4.63. The normalized spacial score (nSPS) is 14.9. The summed E-state index contributed by atoms with van der Waals surface area (Å²) in [5.41, 5.74) is 1.49. The van der Waals surface area contributed by atoms with Crippen LogP contribution in [0.25, 0.3) is 11.1 Å². The lowest BCUT2D eigenvalue weighted by Crippen LogP contribution is -2.31. The number of carbonyl (C=O) groups is 1. The molecule has 2 N–H and O–H groups in total. The highest BCUT2D eigenvalue weighted by Gasteiger charge is 2.43. The van der Waals surface area contributed by atoms with E-state index in [0.29, 0.717) is 28.9 Å². The zero-order valence-corrected chi connectivity index (χ0v) is 14.3. The van der Waals surface area contributed by atoms with Gasteiger partial charge in [-0.05, 0) is 37.1 Å². The standard InChI is InChI=1S/C17H16Cl2N2O3/c18-12-1-2-15(19)14(6-12)11-5-13(8-20-7-11)24-10-17(3-4-17)9-21-16(22)23/h1-2,5-8,21H,3-4,9-10H2,(H,22,23). The van der Waals surface area contributed by atoms with Crippen LogP contribution in [-0.4, -0.2) is 29.3 Å². The van der Waals surface area contributed by atoms with Crippen molar-refractivity contribution in [3.05, 3.63) is 46.7 Å². The minimum absolute atomic E-state index is 0.109. The van der Waals surface area contributed by atoms with E-state index >= 15 is 0 Å². The number of benzene rings is 1. The first-order valence-corrected chi connectivity index (χ1v) is 8.23. The second-order valence-corrected chi connectivity index (χ2v) is 6.82. The van der Waals surface area contributed by atoms with Gasteiger partial charge in [0.2, 0.25) is 0 Å². The van der Waals surface area contributed by atoms with E-state index in [-0.39, 0.29) is 5.41 Å². The number of rotatable bonds is 6. The number of amides is 1. The lowest BCUT2D eigenvalue weighted by atomic mass is 10.1. The first-order chi connectivity index (χ1) is 11.5. The van der Waals surface area contributed by atoms with Crippen LogP contribution in [0.1, 0.15) is 12.8 Å². The third kappa shape index (κ3) is 4.10. The third-order valence-electron chi connectivity index (χ3n) is 4.07. The molecule has 1 heterocycles.